The molecule has 2 bridgehead atoms. The first-order valence-corrected chi connectivity index (χ1v) is 17.1. The summed E-state index contributed by atoms with van der Waals surface area (Å²) in [5.41, 5.74) is 2.76. The molecule has 3 fully saturated rings. The summed E-state index contributed by atoms with van der Waals surface area (Å²) in [4.78, 5) is 2.70. The topological polar surface area (TPSA) is 85.3 Å². The Bertz CT molecular complexity index is 1640. The number of likely N-dealkylation sites (tertiary alicyclic amines) is 1. The number of rotatable bonds is 9. The molecule has 226 valence electrons. The van der Waals surface area contributed by atoms with Gasteiger partial charge in [0.25, 0.3) is 10.1 Å². The van der Waals surface area contributed by atoms with Gasteiger partial charge in [0.05, 0.1) is 22.5 Å². The van der Waals surface area contributed by atoms with Crippen LogP contribution in [0.15, 0.2) is 71.6 Å². The highest BCUT2D eigenvalue weighted by Gasteiger charge is 2.73. The molecule has 3 aliphatic carbocycles. The van der Waals surface area contributed by atoms with E-state index in [4.69, 9.17) is 13.7 Å². The van der Waals surface area contributed by atoms with Crippen molar-refractivity contribution in [1.82, 2.24) is 4.90 Å². The Morgan fingerprint density at radius 2 is 1.79 bits per heavy atom. The number of nitrogens with zero attached hydrogens (tertiary/aromatic N) is 1. The molecule has 8 heteroatoms. The summed E-state index contributed by atoms with van der Waals surface area (Å²) >= 11 is 0. The average Bonchev–Trinajstić information content (AvgIpc) is 3.75. The number of hydrogen-bond acceptors (Lipinski definition) is 7. The van der Waals surface area contributed by atoms with E-state index in [1.165, 1.54) is 18.4 Å². The van der Waals surface area contributed by atoms with E-state index in [0.29, 0.717) is 25.2 Å². The molecule has 1 N–H and O–H groups in total. The van der Waals surface area contributed by atoms with Crippen molar-refractivity contribution in [2.75, 3.05) is 19.7 Å². The van der Waals surface area contributed by atoms with Crippen LogP contribution < -0.4 is 9.47 Å². The van der Waals surface area contributed by atoms with Crippen molar-refractivity contribution in [3.05, 3.63) is 89.0 Å². The molecule has 7 nitrogen and oxygen atoms in total. The minimum Gasteiger partial charge on any atom is -0.485 e. The summed E-state index contributed by atoms with van der Waals surface area (Å²) in [6.07, 6.45) is 4.91. The predicted molar refractivity (Wildman–Crippen MR) is 162 cm³/mol. The van der Waals surface area contributed by atoms with Crippen LogP contribution >= 0.6 is 0 Å². The number of aryl methyl sites for hydroxylation is 1. The van der Waals surface area contributed by atoms with Crippen LogP contribution in [0, 0.1) is 18.8 Å². The van der Waals surface area contributed by atoms with Gasteiger partial charge in [-0.1, -0.05) is 54.1 Å². The molecule has 3 aromatic rings. The van der Waals surface area contributed by atoms with E-state index in [1.54, 1.807) is 24.3 Å². The quantitative estimate of drug-likeness (QED) is 0.339. The van der Waals surface area contributed by atoms with Crippen LogP contribution in [0.1, 0.15) is 54.4 Å². The van der Waals surface area contributed by atoms with E-state index >= 15 is 0 Å². The Hall–Kier alpha value is -2.91. The molecule has 1 spiro atoms. The molecular formula is C35H39NO6S. The monoisotopic (exact) mass is 601 g/mol. The van der Waals surface area contributed by atoms with Crippen molar-refractivity contribution in [3.63, 3.8) is 0 Å². The standard InChI is InChI=1S/C35H39NO6S/c1-23-7-12-28(13-8-23)43(38,39)41-22-27-15-16-35(37)30-19-26-11-14-29(40-21-25-5-3-2-4-6-25)32-31(26)34(35,33(27)42-32)17-18-36(30)20-24-9-10-24/h2-8,11-14,24,27,30,33,37H,9-10,15-22H2,1H3/t27-,30-,33+,34+,35-/m1/s1. The van der Waals surface area contributed by atoms with Gasteiger partial charge in [0.2, 0.25) is 0 Å². The maximum Gasteiger partial charge on any atom is 0.296 e. The predicted octanol–water partition coefficient (Wildman–Crippen LogP) is 5.16. The normalized spacial score (nSPS) is 30.9. The van der Waals surface area contributed by atoms with Gasteiger partial charge in [-0.25, -0.2) is 0 Å². The summed E-state index contributed by atoms with van der Waals surface area (Å²) in [5, 5.41) is 12.8. The number of benzene rings is 3. The molecular weight excluding hydrogens is 562 g/mol. The molecule has 5 aliphatic rings. The first kappa shape index (κ1) is 27.6. The third kappa shape index (κ3) is 4.36. The SMILES string of the molecule is Cc1ccc(S(=O)(=O)OC[C@H]2CC[C@@]3(O)[C@H]4Cc5ccc(OCc6ccccc6)c6c5[C@@]3(CCN4CC3CC3)[C@H]2O6)cc1. The first-order valence-electron chi connectivity index (χ1n) is 15.7. The fourth-order valence-electron chi connectivity index (χ4n) is 8.54. The summed E-state index contributed by atoms with van der Waals surface area (Å²) in [5.74, 6) is 1.94. The van der Waals surface area contributed by atoms with Gasteiger partial charge in [-0.3, -0.25) is 9.08 Å². The van der Waals surface area contributed by atoms with Crippen LogP contribution in [0.3, 0.4) is 0 Å². The summed E-state index contributed by atoms with van der Waals surface area (Å²) in [6.45, 7) is 4.28. The smallest absolute Gasteiger partial charge is 0.296 e. The van der Waals surface area contributed by atoms with Gasteiger partial charge in [0, 0.05) is 24.1 Å². The molecule has 2 aliphatic heterocycles. The third-order valence-electron chi connectivity index (χ3n) is 10.9. The lowest BCUT2D eigenvalue weighted by Crippen LogP contribution is -2.76. The molecule has 0 aromatic heterocycles. The number of hydrogen-bond donors (Lipinski definition) is 1. The van der Waals surface area contributed by atoms with E-state index in [-0.39, 0.29) is 23.5 Å². The summed E-state index contributed by atoms with van der Waals surface area (Å²) in [6, 6.07) is 21.0. The zero-order valence-corrected chi connectivity index (χ0v) is 25.4. The summed E-state index contributed by atoms with van der Waals surface area (Å²) < 4.78 is 45.4. The van der Waals surface area contributed by atoms with Crippen LogP contribution in [0.5, 0.6) is 11.5 Å². The zero-order valence-electron chi connectivity index (χ0n) is 24.6. The highest BCUT2D eigenvalue weighted by Crippen LogP contribution is 2.66. The molecule has 5 atom stereocenters. The van der Waals surface area contributed by atoms with Gasteiger partial charge in [0.15, 0.2) is 11.5 Å². The molecule has 0 amide bonds. The molecule has 2 heterocycles. The fourth-order valence-corrected chi connectivity index (χ4v) is 9.50. The van der Waals surface area contributed by atoms with Crippen molar-refractivity contribution in [1.29, 1.82) is 0 Å². The Kier molecular flexibility index (Phi) is 6.46. The third-order valence-corrected chi connectivity index (χ3v) is 12.1. The Labute approximate surface area is 253 Å². The van der Waals surface area contributed by atoms with E-state index in [0.717, 1.165) is 54.3 Å². The molecule has 8 rings (SSSR count). The van der Waals surface area contributed by atoms with Crippen LogP contribution in [0.25, 0.3) is 0 Å². The van der Waals surface area contributed by atoms with Crippen LogP contribution in [-0.4, -0.2) is 55.9 Å². The van der Waals surface area contributed by atoms with Crippen LogP contribution in [-0.2, 0) is 32.7 Å². The molecule has 1 saturated heterocycles. The lowest BCUT2D eigenvalue weighted by atomic mass is 9.47. The maximum atomic E-state index is 13.2. The fraction of sp³-hybridized carbons (Fsp3) is 0.486. The molecule has 0 unspecified atom stereocenters. The van der Waals surface area contributed by atoms with Crippen molar-refractivity contribution in [2.45, 2.75) is 80.1 Å². The van der Waals surface area contributed by atoms with Gasteiger partial charge in [0.1, 0.15) is 12.7 Å². The van der Waals surface area contributed by atoms with E-state index < -0.39 is 27.2 Å². The van der Waals surface area contributed by atoms with Gasteiger partial charge in [-0.2, -0.15) is 8.42 Å². The van der Waals surface area contributed by atoms with Crippen LogP contribution in [0.4, 0.5) is 0 Å². The highest BCUT2D eigenvalue weighted by molar-refractivity contribution is 7.86. The molecule has 0 radical (unpaired) electrons. The van der Waals surface area contributed by atoms with Crippen LogP contribution in [0.2, 0.25) is 0 Å². The number of aliphatic hydroxyl groups is 1. The largest absolute Gasteiger partial charge is 0.485 e. The van der Waals surface area contributed by atoms with Gasteiger partial charge >= 0.3 is 0 Å². The molecule has 43 heavy (non-hydrogen) atoms. The van der Waals surface area contributed by atoms with Crippen molar-refractivity contribution >= 4 is 10.1 Å². The van der Waals surface area contributed by atoms with Crippen molar-refractivity contribution in [2.24, 2.45) is 11.8 Å². The average molecular weight is 602 g/mol. The lowest BCUT2D eigenvalue weighted by molar-refractivity contribution is -0.200. The number of ether oxygens (including phenoxy) is 2. The van der Waals surface area contributed by atoms with E-state index in [1.807, 2.05) is 43.3 Å². The second-order valence-electron chi connectivity index (χ2n) is 13.4. The number of piperidine rings is 1. The van der Waals surface area contributed by atoms with E-state index in [2.05, 4.69) is 11.0 Å². The Morgan fingerprint density at radius 1 is 1.00 bits per heavy atom. The van der Waals surface area contributed by atoms with Gasteiger partial charge in [-0.15, -0.1) is 0 Å². The second-order valence-corrected chi connectivity index (χ2v) is 15.0. The van der Waals surface area contributed by atoms with Crippen molar-refractivity contribution in [3.8, 4) is 11.5 Å². The Balaban J connectivity index is 1.15. The van der Waals surface area contributed by atoms with Gasteiger partial charge < -0.3 is 14.6 Å². The molecule has 3 aromatic carbocycles. The second kappa shape index (κ2) is 10.1. The molecule has 2 saturated carbocycles. The minimum absolute atomic E-state index is 0.0126. The first-order chi connectivity index (χ1) is 20.8. The highest BCUT2D eigenvalue weighted by atomic mass is 32.2. The summed E-state index contributed by atoms with van der Waals surface area (Å²) in [7, 11) is -3.93. The van der Waals surface area contributed by atoms with Gasteiger partial charge in [-0.05, 0) is 87.2 Å². The Morgan fingerprint density at radius 3 is 2.56 bits per heavy atom. The minimum atomic E-state index is -3.93. The maximum absolute atomic E-state index is 13.2. The lowest BCUT2D eigenvalue weighted by Gasteiger charge is -2.64. The van der Waals surface area contributed by atoms with E-state index in [9.17, 15) is 13.5 Å². The van der Waals surface area contributed by atoms with Crippen molar-refractivity contribution < 1.29 is 27.2 Å². The zero-order chi connectivity index (χ0) is 29.4.